The summed E-state index contributed by atoms with van der Waals surface area (Å²) in [6.45, 7) is 0. The molecule has 2 amide bonds. The Morgan fingerprint density at radius 3 is 1.47 bits per heavy atom. The fourth-order valence-corrected chi connectivity index (χ4v) is 7.78. The van der Waals surface area contributed by atoms with E-state index < -0.39 is 131 Å². The summed E-state index contributed by atoms with van der Waals surface area (Å²) in [5.74, 6) is -3.01. The number of non-ortho nitro benzene ring substituents is 1. The Labute approximate surface area is 285 Å². The molecule has 0 atom stereocenters. The summed E-state index contributed by atoms with van der Waals surface area (Å²) < 4.78 is 168. The van der Waals surface area contributed by atoms with Crippen LogP contribution in [0.1, 0.15) is 20.7 Å². The highest BCUT2D eigenvalue weighted by Crippen LogP contribution is 2.36. The van der Waals surface area contributed by atoms with E-state index in [4.69, 9.17) is 0 Å². The molecule has 0 saturated carbocycles. The number of anilines is 2. The predicted molar refractivity (Wildman–Crippen MR) is 168 cm³/mol. The molecular weight excluding hydrogens is 795 g/mol. The van der Waals surface area contributed by atoms with E-state index in [9.17, 15) is 84.6 Å². The fraction of sp³-hybridized carbons (Fsp3) is 0. The first-order chi connectivity index (χ1) is 23.1. The van der Waals surface area contributed by atoms with E-state index in [1.807, 2.05) is 10.6 Å². The number of nitro benzene ring substituents is 1. The van der Waals surface area contributed by atoms with Crippen molar-refractivity contribution < 1.29 is 79.4 Å². The molecule has 51 heavy (non-hydrogen) atoms. The lowest BCUT2D eigenvalue weighted by atomic mass is 10.1. The minimum absolute atomic E-state index is 0.218. The molecule has 0 aliphatic rings. The first-order valence-corrected chi connectivity index (χ1v) is 19.8. The number of hydrogen-bond donors (Lipinski definition) is 7. The van der Waals surface area contributed by atoms with Gasteiger partial charge in [0.1, 0.15) is 14.7 Å². The maximum absolute atomic E-state index is 13.4. The van der Waals surface area contributed by atoms with E-state index in [-0.39, 0.29) is 6.07 Å². The van der Waals surface area contributed by atoms with Crippen LogP contribution in [0.5, 0.6) is 0 Å². The predicted octanol–water partition coefficient (Wildman–Crippen LogP) is 1.49. The number of benzene rings is 4. The minimum Gasteiger partial charge on any atom is -0.322 e. The van der Waals surface area contributed by atoms with Gasteiger partial charge in [-0.05, 0) is 53.9 Å². The zero-order valence-corrected chi connectivity index (χ0v) is 28.3. The highest BCUT2D eigenvalue weighted by Gasteiger charge is 2.29. The van der Waals surface area contributed by atoms with Gasteiger partial charge in [-0.3, -0.25) is 42.5 Å². The quantitative estimate of drug-likeness (QED) is 0.0677. The molecule has 7 N–H and O–H groups in total. The number of carbonyl (C=O) groups is 2. The standard InChI is InChI=1S/C24H17N3O19S5/c28-23(17-4-2-13(27(30)31)8-20(17)50(41,42)43)25-12-1-3-16(19(7-12)49(38,39)40)24(29)26-18-9-14(47(32,33)34)5-11-6-15(48(35,36)37)10-21(22(11)18)51(44,45)46/h1-10H,(H,25,28)(H,26,29)(H,32,33,34)(H,35,36,37)(H,38,39,40)(H,41,42,43)(H,44,45,46). The van der Waals surface area contributed by atoms with Crippen molar-refractivity contribution in [3.63, 3.8) is 0 Å². The van der Waals surface area contributed by atoms with Gasteiger partial charge in [0.15, 0.2) is 0 Å². The summed E-state index contributed by atoms with van der Waals surface area (Å²) in [7, 11) is -26.7. The minimum atomic E-state index is -5.48. The molecule has 4 aromatic carbocycles. The van der Waals surface area contributed by atoms with Crippen molar-refractivity contribution in [3.05, 3.63) is 81.9 Å². The number of rotatable bonds is 10. The number of nitrogens with one attached hydrogen (secondary N) is 2. The summed E-state index contributed by atoms with van der Waals surface area (Å²) in [6.07, 6.45) is 0. The average molecular weight is 812 g/mol. The van der Waals surface area contributed by atoms with Crippen LogP contribution in [0.3, 0.4) is 0 Å². The zero-order valence-electron chi connectivity index (χ0n) is 24.2. The van der Waals surface area contributed by atoms with Crippen molar-refractivity contribution in [2.45, 2.75) is 24.5 Å². The van der Waals surface area contributed by atoms with Gasteiger partial charge in [0.25, 0.3) is 68.1 Å². The van der Waals surface area contributed by atoms with Crippen molar-refractivity contribution in [1.29, 1.82) is 0 Å². The lowest BCUT2D eigenvalue weighted by Crippen LogP contribution is -2.19. The maximum atomic E-state index is 13.4. The number of hydrogen-bond acceptors (Lipinski definition) is 14. The molecule has 22 nitrogen and oxygen atoms in total. The van der Waals surface area contributed by atoms with Crippen molar-refractivity contribution in [1.82, 2.24) is 0 Å². The van der Waals surface area contributed by atoms with Crippen LogP contribution in [0.25, 0.3) is 10.8 Å². The second-order valence-corrected chi connectivity index (χ2v) is 16.9. The fourth-order valence-electron chi connectivity index (χ4n) is 4.44. The first-order valence-electron chi connectivity index (χ1n) is 12.6. The van der Waals surface area contributed by atoms with E-state index in [0.29, 0.717) is 48.5 Å². The van der Waals surface area contributed by atoms with Crippen molar-refractivity contribution in [3.8, 4) is 0 Å². The molecular formula is C24H17N3O19S5. The SMILES string of the molecule is O=C(Nc1ccc(C(=O)Nc2cc(S(=O)(=O)O)cc3cc(S(=O)(=O)O)cc(S(=O)(=O)O)c23)c(S(=O)(=O)O)c1)c1ccc([N+](=O)[O-])cc1S(=O)(=O)O. The number of carbonyl (C=O) groups excluding carboxylic acids is 2. The van der Waals surface area contributed by atoms with Gasteiger partial charge in [-0.25, -0.2) is 0 Å². The van der Waals surface area contributed by atoms with Crippen LogP contribution in [-0.4, -0.2) is 81.6 Å². The maximum Gasteiger partial charge on any atom is 0.295 e. The third-order valence-corrected chi connectivity index (χ3v) is 10.9. The highest BCUT2D eigenvalue weighted by atomic mass is 32.2. The molecule has 27 heteroatoms. The van der Waals surface area contributed by atoms with E-state index in [1.54, 1.807) is 0 Å². The van der Waals surface area contributed by atoms with Gasteiger partial charge < -0.3 is 10.6 Å². The molecule has 0 heterocycles. The molecule has 0 fully saturated rings. The highest BCUT2D eigenvalue weighted by molar-refractivity contribution is 7.87. The molecule has 272 valence electrons. The van der Waals surface area contributed by atoms with Gasteiger partial charge in [-0.15, -0.1) is 0 Å². The van der Waals surface area contributed by atoms with Gasteiger partial charge >= 0.3 is 0 Å². The molecule has 0 aliphatic heterocycles. The number of nitrogens with zero attached hydrogens (tertiary/aromatic N) is 1. The monoisotopic (exact) mass is 811 g/mol. The molecule has 0 unspecified atom stereocenters. The summed E-state index contributed by atoms with van der Waals surface area (Å²) in [5, 5.41) is 13.3. The smallest absolute Gasteiger partial charge is 0.295 e. The Balaban J connectivity index is 1.87. The van der Waals surface area contributed by atoms with E-state index in [2.05, 4.69) is 0 Å². The first kappa shape index (κ1) is 38.8. The van der Waals surface area contributed by atoms with E-state index >= 15 is 0 Å². The van der Waals surface area contributed by atoms with Crippen LogP contribution in [0.4, 0.5) is 17.1 Å². The topological polar surface area (TPSA) is 373 Å². The number of amides is 2. The van der Waals surface area contributed by atoms with Crippen LogP contribution in [0, 0.1) is 10.1 Å². The molecule has 0 spiro atoms. The lowest BCUT2D eigenvalue weighted by Gasteiger charge is -2.16. The van der Waals surface area contributed by atoms with E-state index in [1.165, 1.54) is 0 Å². The molecule has 0 aliphatic carbocycles. The molecule has 4 aromatic rings. The van der Waals surface area contributed by atoms with Crippen LogP contribution in [0.2, 0.25) is 0 Å². The van der Waals surface area contributed by atoms with Gasteiger partial charge in [0.05, 0.1) is 31.5 Å². The Morgan fingerprint density at radius 2 is 1.00 bits per heavy atom. The average Bonchev–Trinajstić information content (AvgIpc) is 2.97. The third-order valence-electron chi connectivity index (χ3n) is 6.54. The molecule has 0 aromatic heterocycles. The molecule has 0 radical (unpaired) electrons. The van der Waals surface area contributed by atoms with Gasteiger partial charge in [0, 0.05) is 23.2 Å². The summed E-state index contributed by atoms with van der Waals surface area (Å²) in [5.41, 5.74) is -4.27. The van der Waals surface area contributed by atoms with Crippen LogP contribution in [0.15, 0.2) is 85.1 Å². The van der Waals surface area contributed by atoms with Crippen LogP contribution >= 0.6 is 0 Å². The van der Waals surface area contributed by atoms with E-state index in [0.717, 1.165) is 6.07 Å². The van der Waals surface area contributed by atoms with Crippen molar-refractivity contribution in [2.24, 2.45) is 0 Å². The van der Waals surface area contributed by atoms with Crippen molar-refractivity contribution in [2.75, 3.05) is 10.6 Å². The summed E-state index contributed by atoms with van der Waals surface area (Å²) in [6, 6.07) is 5.12. The van der Waals surface area contributed by atoms with Gasteiger partial charge in [0.2, 0.25) is 0 Å². The Bertz CT molecular complexity index is 2780. The van der Waals surface area contributed by atoms with Gasteiger partial charge in [-0.2, -0.15) is 42.1 Å². The second kappa shape index (κ2) is 13.0. The zero-order chi connectivity index (χ0) is 38.6. The molecule has 0 bridgehead atoms. The summed E-state index contributed by atoms with van der Waals surface area (Å²) >= 11 is 0. The van der Waals surface area contributed by atoms with Gasteiger partial charge in [-0.1, -0.05) is 0 Å². The third kappa shape index (κ3) is 8.50. The second-order valence-electron chi connectivity index (χ2n) is 9.92. The normalized spacial score (nSPS) is 12.7. The molecule has 0 saturated heterocycles. The van der Waals surface area contributed by atoms with Crippen LogP contribution in [-0.2, 0) is 50.6 Å². The Hall–Kier alpha value is -4.97. The van der Waals surface area contributed by atoms with Crippen molar-refractivity contribution >= 4 is 90.2 Å². The molecule has 4 rings (SSSR count). The largest absolute Gasteiger partial charge is 0.322 e. The number of fused-ring (bicyclic) bond motifs is 1. The lowest BCUT2D eigenvalue weighted by molar-refractivity contribution is -0.385. The Morgan fingerprint density at radius 1 is 0.549 bits per heavy atom. The Kier molecular flexibility index (Phi) is 9.88. The summed E-state index contributed by atoms with van der Waals surface area (Å²) in [4.78, 5) is 30.1. The van der Waals surface area contributed by atoms with Crippen LogP contribution < -0.4 is 10.6 Å². The number of nitro groups is 1.